The molecule has 1 amide bonds. The summed E-state index contributed by atoms with van der Waals surface area (Å²) in [5.74, 6) is 1.31. The van der Waals surface area contributed by atoms with Crippen LogP contribution in [0.1, 0.15) is 5.56 Å². The number of halogens is 2. The zero-order valence-corrected chi connectivity index (χ0v) is 18.4. The Morgan fingerprint density at radius 3 is 2.72 bits per heavy atom. The number of carbonyl (C=O) groups excluding carboxylic acids is 1. The lowest BCUT2D eigenvalue weighted by Crippen LogP contribution is -2.52. The van der Waals surface area contributed by atoms with E-state index in [1.165, 1.54) is 4.90 Å². The summed E-state index contributed by atoms with van der Waals surface area (Å²) >= 11 is 6.50. The van der Waals surface area contributed by atoms with Gasteiger partial charge in [0, 0.05) is 44.8 Å². The van der Waals surface area contributed by atoms with E-state index in [0.717, 1.165) is 43.1 Å². The number of methoxy groups -OCH3 is 1. The molecule has 1 aliphatic heterocycles. The lowest BCUT2D eigenvalue weighted by Gasteiger charge is -2.39. The fraction of sp³-hybridized carbons (Fsp3) is 0.381. The molecule has 3 rings (SSSR count). The number of para-hydroxylation sites is 2. The molecule has 0 bridgehead atoms. The summed E-state index contributed by atoms with van der Waals surface area (Å²) in [5.41, 5.74) is 2.10. The highest BCUT2D eigenvalue weighted by molar-refractivity contribution is 6.31. The van der Waals surface area contributed by atoms with Crippen molar-refractivity contribution in [1.82, 2.24) is 10.2 Å². The molecule has 0 radical (unpaired) electrons. The number of nitrogens with one attached hydrogen (secondary N) is 1. The number of hydrogen-bond donors (Lipinski definition) is 1. The number of carbonyl (C=O) groups is 1. The van der Waals surface area contributed by atoms with Crippen LogP contribution in [-0.2, 0) is 6.42 Å². The molecule has 1 heterocycles. The summed E-state index contributed by atoms with van der Waals surface area (Å²) in [6, 6.07) is 13.7. The second-order valence-corrected chi connectivity index (χ2v) is 7.35. The maximum absolute atomic E-state index is 11.7. The van der Waals surface area contributed by atoms with Crippen molar-refractivity contribution < 1.29 is 14.3 Å². The molecule has 2 aromatic rings. The maximum Gasteiger partial charge on any atom is 0.414 e. The molecule has 0 spiro atoms. The van der Waals surface area contributed by atoms with Crippen molar-refractivity contribution >= 4 is 35.8 Å². The van der Waals surface area contributed by atoms with Crippen molar-refractivity contribution in [3.63, 3.8) is 0 Å². The summed E-state index contributed by atoms with van der Waals surface area (Å²) < 4.78 is 10.8. The van der Waals surface area contributed by atoms with E-state index in [9.17, 15) is 4.79 Å². The minimum absolute atomic E-state index is 0. The monoisotopic (exact) mass is 439 g/mol. The smallest absolute Gasteiger partial charge is 0.414 e. The number of ether oxygens (including phenoxy) is 2. The minimum atomic E-state index is -0.428. The van der Waals surface area contributed by atoms with Gasteiger partial charge in [-0.25, -0.2) is 4.79 Å². The van der Waals surface area contributed by atoms with Crippen LogP contribution in [0.2, 0.25) is 5.02 Å². The summed E-state index contributed by atoms with van der Waals surface area (Å²) in [4.78, 5) is 15.5. The van der Waals surface area contributed by atoms with E-state index in [4.69, 9.17) is 21.1 Å². The van der Waals surface area contributed by atoms with Crippen molar-refractivity contribution in [3.05, 3.63) is 53.1 Å². The Labute approximate surface area is 183 Å². The number of anilines is 1. The van der Waals surface area contributed by atoms with Crippen molar-refractivity contribution in [2.75, 3.05) is 45.7 Å². The number of benzene rings is 2. The van der Waals surface area contributed by atoms with Crippen LogP contribution in [-0.4, -0.2) is 57.9 Å². The lowest BCUT2D eigenvalue weighted by atomic mass is 10.0. The Bertz CT molecular complexity index is 833. The number of nitrogens with zero attached hydrogens (tertiary/aromatic N) is 2. The molecule has 6 nitrogen and oxygen atoms in total. The molecule has 158 valence electrons. The molecule has 1 aliphatic rings. The molecule has 1 N–H and O–H groups in total. The Morgan fingerprint density at radius 2 is 2.03 bits per heavy atom. The van der Waals surface area contributed by atoms with Gasteiger partial charge in [0.2, 0.25) is 0 Å². The van der Waals surface area contributed by atoms with Crippen molar-refractivity contribution in [1.29, 1.82) is 0 Å². The van der Waals surface area contributed by atoms with Gasteiger partial charge in [0.25, 0.3) is 0 Å². The average molecular weight is 440 g/mol. The van der Waals surface area contributed by atoms with E-state index >= 15 is 0 Å². The van der Waals surface area contributed by atoms with Crippen LogP contribution in [0.5, 0.6) is 11.5 Å². The van der Waals surface area contributed by atoms with Gasteiger partial charge in [0.05, 0.1) is 12.8 Å². The summed E-state index contributed by atoms with van der Waals surface area (Å²) in [6.07, 6.45) is 0.342. The molecule has 0 aliphatic carbocycles. The van der Waals surface area contributed by atoms with E-state index in [0.29, 0.717) is 10.8 Å². The SMILES string of the molecule is COc1ccccc1N1CCNCC1Cc1ccc(OC(=O)N(C)C)cc1Cl.Cl. The van der Waals surface area contributed by atoms with Crippen LogP contribution in [0.15, 0.2) is 42.5 Å². The summed E-state index contributed by atoms with van der Waals surface area (Å²) in [7, 11) is 4.97. The number of piperazine rings is 1. The fourth-order valence-corrected chi connectivity index (χ4v) is 3.58. The molecule has 2 aromatic carbocycles. The van der Waals surface area contributed by atoms with Gasteiger partial charge in [0.1, 0.15) is 11.5 Å². The van der Waals surface area contributed by atoms with Gasteiger partial charge >= 0.3 is 6.09 Å². The normalized spacial score (nSPS) is 16.0. The van der Waals surface area contributed by atoms with E-state index in [1.807, 2.05) is 24.3 Å². The topological polar surface area (TPSA) is 54.0 Å². The zero-order valence-electron chi connectivity index (χ0n) is 16.9. The molecule has 1 atom stereocenters. The second kappa shape index (κ2) is 10.6. The maximum atomic E-state index is 11.7. The third kappa shape index (κ3) is 5.69. The van der Waals surface area contributed by atoms with E-state index in [-0.39, 0.29) is 18.4 Å². The first-order valence-electron chi connectivity index (χ1n) is 9.27. The Morgan fingerprint density at radius 1 is 1.28 bits per heavy atom. The molecule has 1 saturated heterocycles. The Balaban J connectivity index is 0.00000300. The first kappa shape index (κ1) is 23.1. The van der Waals surface area contributed by atoms with Gasteiger partial charge in [-0.3, -0.25) is 0 Å². The van der Waals surface area contributed by atoms with Crippen LogP contribution in [0.25, 0.3) is 0 Å². The predicted molar refractivity (Wildman–Crippen MR) is 119 cm³/mol. The van der Waals surface area contributed by atoms with Crippen LogP contribution in [0.3, 0.4) is 0 Å². The highest BCUT2D eigenvalue weighted by atomic mass is 35.5. The molecule has 1 fully saturated rings. The molecule has 1 unspecified atom stereocenters. The van der Waals surface area contributed by atoms with Crippen LogP contribution >= 0.6 is 24.0 Å². The largest absolute Gasteiger partial charge is 0.495 e. The van der Waals surface area contributed by atoms with Crippen LogP contribution in [0, 0.1) is 0 Å². The number of hydrogen-bond acceptors (Lipinski definition) is 5. The molecule has 0 saturated carbocycles. The highest BCUT2D eigenvalue weighted by Crippen LogP contribution is 2.32. The predicted octanol–water partition coefficient (Wildman–Crippen LogP) is 3.85. The van der Waals surface area contributed by atoms with Gasteiger partial charge in [-0.15, -0.1) is 12.4 Å². The lowest BCUT2D eigenvalue weighted by molar-refractivity contribution is 0.172. The number of amides is 1. The van der Waals surface area contributed by atoms with Gasteiger partial charge in [-0.05, 0) is 36.2 Å². The quantitative estimate of drug-likeness (QED) is 0.766. The zero-order chi connectivity index (χ0) is 20.1. The second-order valence-electron chi connectivity index (χ2n) is 6.94. The third-order valence-corrected chi connectivity index (χ3v) is 5.15. The third-order valence-electron chi connectivity index (χ3n) is 4.80. The van der Waals surface area contributed by atoms with Gasteiger partial charge in [-0.2, -0.15) is 0 Å². The Hall–Kier alpha value is -2.15. The summed E-state index contributed by atoms with van der Waals surface area (Å²) in [5, 5.41) is 4.05. The molecule has 8 heteroatoms. The molecular weight excluding hydrogens is 413 g/mol. The molecule has 0 aromatic heterocycles. The standard InChI is InChI=1S/C21H26ClN3O3.ClH/c1-24(2)21(26)28-17-9-8-15(18(22)13-17)12-16-14-23-10-11-25(16)19-6-4-5-7-20(19)27-3;/h4-9,13,16,23H,10-12,14H2,1-3H3;1H. The van der Waals surface area contributed by atoms with E-state index in [2.05, 4.69) is 16.3 Å². The van der Waals surface area contributed by atoms with Gasteiger partial charge in [-0.1, -0.05) is 29.8 Å². The number of rotatable bonds is 5. The van der Waals surface area contributed by atoms with Crippen molar-refractivity contribution in [2.45, 2.75) is 12.5 Å². The van der Waals surface area contributed by atoms with E-state index in [1.54, 1.807) is 33.3 Å². The van der Waals surface area contributed by atoms with E-state index < -0.39 is 6.09 Å². The Kier molecular flexibility index (Phi) is 8.44. The molecule has 29 heavy (non-hydrogen) atoms. The summed E-state index contributed by atoms with van der Waals surface area (Å²) in [6.45, 7) is 2.66. The first-order chi connectivity index (χ1) is 13.5. The van der Waals surface area contributed by atoms with Gasteiger partial charge < -0.3 is 24.6 Å². The van der Waals surface area contributed by atoms with Crippen LogP contribution in [0.4, 0.5) is 10.5 Å². The first-order valence-corrected chi connectivity index (χ1v) is 9.65. The fourth-order valence-electron chi connectivity index (χ4n) is 3.33. The van der Waals surface area contributed by atoms with Crippen molar-refractivity contribution in [3.8, 4) is 11.5 Å². The van der Waals surface area contributed by atoms with Crippen LogP contribution < -0.4 is 19.7 Å². The average Bonchev–Trinajstić information content (AvgIpc) is 2.70. The minimum Gasteiger partial charge on any atom is -0.495 e. The molecular formula is C21H27Cl2N3O3. The van der Waals surface area contributed by atoms with Crippen molar-refractivity contribution in [2.24, 2.45) is 0 Å². The highest BCUT2D eigenvalue weighted by Gasteiger charge is 2.25. The van der Waals surface area contributed by atoms with Gasteiger partial charge in [0.15, 0.2) is 0 Å².